The average molecular weight is 248 g/mol. The molecule has 0 aliphatic rings. The number of aliphatic hydroxyl groups is 1. The summed E-state index contributed by atoms with van der Waals surface area (Å²) >= 11 is 0. The van der Waals surface area contributed by atoms with Crippen LogP contribution in [0.15, 0.2) is 30.6 Å². The van der Waals surface area contributed by atoms with Crippen molar-refractivity contribution in [1.29, 1.82) is 0 Å². The summed E-state index contributed by atoms with van der Waals surface area (Å²) in [7, 11) is 0. The first kappa shape index (κ1) is 12.5. The third-order valence-electron chi connectivity index (χ3n) is 2.52. The number of aromatic nitrogens is 4. The van der Waals surface area contributed by atoms with Crippen molar-refractivity contribution in [1.82, 2.24) is 20.2 Å². The highest BCUT2D eigenvalue weighted by Gasteiger charge is 1.98. The maximum atomic E-state index is 8.64. The van der Waals surface area contributed by atoms with E-state index < -0.39 is 0 Å². The normalized spacial score (nSPS) is 10.5. The fourth-order valence-electron chi connectivity index (χ4n) is 1.56. The molecule has 0 aliphatic heterocycles. The zero-order chi connectivity index (χ0) is 12.6. The zero-order valence-electron chi connectivity index (χ0n) is 10.1. The molecule has 2 rings (SSSR count). The standard InChI is InChI=1S/C12H16N4O2/c17-8-2-1-3-9-18-12-6-4-11(5-7-12)16-10-13-14-15-16/h4-7,10,17H,1-3,8-9H2. The zero-order valence-corrected chi connectivity index (χ0v) is 10.1. The van der Waals surface area contributed by atoms with Crippen LogP contribution in [0.3, 0.4) is 0 Å². The summed E-state index contributed by atoms with van der Waals surface area (Å²) in [5, 5.41) is 19.6. The third kappa shape index (κ3) is 3.53. The molecule has 6 nitrogen and oxygen atoms in total. The number of hydrogen-bond acceptors (Lipinski definition) is 5. The molecular weight excluding hydrogens is 232 g/mol. The molecule has 0 fully saturated rings. The number of aliphatic hydroxyl groups excluding tert-OH is 1. The molecule has 1 aromatic heterocycles. The van der Waals surface area contributed by atoms with Crippen LogP contribution < -0.4 is 4.74 Å². The Labute approximate surface area is 105 Å². The Bertz CT molecular complexity index is 442. The maximum absolute atomic E-state index is 8.64. The maximum Gasteiger partial charge on any atom is 0.143 e. The topological polar surface area (TPSA) is 73.1 Å². The predicted molar refractivity (Wildman–Crippen MR) is 65.6 cm³/mol. The van der Waals surface area contributed by atoms with Crippen LogP contribution in [0.5, 0.6) is 5.75 Å². The van der Waals surface area contributed by atoms with Gasteiger partial charge in [-0.15, -0.1) is 5.10 Å². The highest BCUT2D eigenvalue weighted by Crippen LogP contribution is 2.14. The molecule has 0 amide bonds. The first-order valence-electron chi connectivity index (χ1n) is 5.97. The van der Waals surface area contributed by atoms with Gasteiger partial charge in [-0.05, 0) is 54.0 Å². The molecule has 0 radical (unpaired) electrons. The van der Waals surface area contributed by atoms with Crippen molar-refractivity contribution in [3.05, 3.63) is 30.6 Å². The van der Waals surface area contributed by atoms with Gasteiger partial charge in [0, 0.05) is 6.61 Å². The van der Waals surface area contributed by atoms with Gasteiger partial charge in [0.25, 0.3) is 0 Å². The summed E-state index contributed by atoms with van der Waals surface area (Å²) in [6.07, 6.45) is 4.32. The van der Waals surface area contributed by atoms with Gasteiger partial charge in [0.05, 0.1) is 12.3 Å². The predicted octanol–water partition coefficient (Wildman–Crippen LogP) is 1.20. The Morgan fingerprint density at radius 3 is 2.61 bits per heavy atom. The van der Waals surface area contributed by atoms with Crippen molar-refractivity contribution in [2.75, 3.05) is 13.2 Å². The average Bonchev–Trinajstić information content (AvgIpc) is 2.93. The summed E-state index contributed by atoms with van der Waals surface area (Å²) < 4.78 is 7.17. The molecule has 0 aliphatic carbocycles. The molecule has 2 aromatic rings. The Kier molecular flexibility index (Phi) is 4.66. The number of ether oxygens (including phenoxy) is 1. The lowest BCUT2D eigenvalue weighted by atomic mass is 10.2. The SMILES string of the molecule is OCCCCCOc1ccc(-n2cnnn2)cc1. The van der Waals surface area contributed by atoms with Gasteiger partial charge < -0.3 is 9.84 Å². The van der Waals surface area contributed by atoms with E-state index in [9.17, 15) is 0 Å². The number of benzene rings is 1. The van der Waals surface area contributed by atoms with Crippen LogP contribution in [-0.2, 0) is 0 Å². The molecule has 0 spiro atoms. The van der Waals surface area contributed by atoms with E-state index >= 15 is 0 Å². The van der Waals surface area contributed by atoms with Gasteiger partial charge in [0.2, 0.25) is 0 Å². The van der Waals surface area contributed by atoms with Crippen LogP contribution in [0.2, 0.25) is 0 Å². The van der Waals surface area contributed by atoms with Crippen molar-refractivity contribution in [3.8, 4) is 11.4 Å². The smallest absolute Gasteiger partial charge is 0.143 e. The molecule has 1 heterocycles. The minimum Gasteiger partial charge on any atom is -0.494 e. The van der Waals surface area contributed by atoms with E-state index in [0.717, 1.165) is 30.7 Å². The van der Waals surface area contributed by atoms with Crippen LogP contribution >= 0.6 is 0 Å². The minimum atomic E-state index is 0.251. The van der Waals surface area contributed by atoms with Gasteiger partial charge in [-0.1, -0.05) is 0 Å². The van der Waals surface area contributed by atoms with Gasteiger partial charge in [-0.25, -0.2) is 4.68 Å². The van der Waals surface area contributed by atoms with Crippen molar-refractivity contribution in [3.63, 3.8) is 0 Å². The second-order valence-corrected chi connectivity index (χ2v) is 3.88. The molecule has 0 bridgehead atoms. The van der Waals surface area contributed by atoms with Gasteiger partial charge >= 0.3 is 0 Å². The first-order valence-corrected chi connectivity index (χ1v) is 5.97. The number of unbranched alkanes of at least 4 members (excludes halogenated alkanes) is 2. The Hall–Kier alpha value is -1.95. The first-order chi connectivity index (χ1) is 8.90. The lowest BCUT2D eigenvalue weighted by Crippen LogP contribution is -1.99. The molecule has 18 heavy (non-hydrogen) atoms. The van der Waals surface area contributed by atoms with Gasteiger partial charge in [0.15, 0.2) is 0 Å². The fraction of sp³-hybridized carbons (Fsp3) is 0.417. The summed E-state index contributed by atoms with van der Waals surface area (Å²) in [5.74, 6) is 0.829. The summed E-state index contributed by atoms with van der Waals surface area (Å²) in [6.45, 7) is 0.921. The van der Waals surface area contributed by atoms with E-state index in [0.29, 0.717) is 6.61 Å². The van der Waals surface area contributed by atoms with E-state index in [-0.39, 0.29) is 6.61 Å². The monoisotopic (exact) mass is 248 g/mol. The van der Waals surface area contributed by atoms with Crippen molar-refractivity contribution < 1.29 is 9.84 Å². The molecule has 0 saturated carbocycles. The van der Waals surface area contributed by atoms with Crippen molar-refractivity contribution >= 4 is 0 Å². The van der Waals surface area contributed by atoms with Crippen LogP contribution in [0.4, 0.5) is 0 Å². The molecular formula is C12H16N4O2. The summed E-state index contributed by atoms with van der Waals surface area (Å²) in [4.78, 5) is 0. The van der Waals surface area contributed by atoms with E-state index in [2.05, 4.69) is 15.5 Å². The van der Waals surface area contributed by atoms with Crippen LogP contribution in [0, 0.1) is 0 Å². The molecule has 6 heteroatoms. The van der Waals surface area contributed by atoms with E-state index in [1.165, 1.54) is 0 Å². The van der Waals surface area contributed by atoms with Crippen LogP contribution in [0.1, 0.15) is 19.3 Å². The molecule has 96 valence electrons. The van der Waals surface area contributed by atoms with Gasteiger partial charge in [-0.2, -0.15) is 0 Å². The van der Waals surface area contributed by atoms with Crippen molar-refractivity contribution in [2.24, 2.45) is 0 Å². The summed E-state index contributed by atoms with van der Waals surface area (Å²) in [5.41, 5.74) is 0.896. The Morgan fingerprint density at radius 2 is 1.94 bits per heavy atom. The second kappa shape index (κ2) is 6.70. The van der Waals surface area contributed by atoms with E-state index in [1.807, 2.05) is 24.3 Å². The highest BCUT2D eigenvalue weighted by molar-refractivity contribution is 5.36. The van der Waals surface area contributed by atoms with Gasteiger partial charge in [0.1, 0.15) is 12.1 Å². The number of rotatable bonds is 7. The highest BCUT2D eigenvalue weighted by atomic mass is 16.5. The summed E-state index contributed by atoms with van der Waals surface area (Å²) in [6, 6.07) is 7.59. The number of hydrogen-bond donors (Lipinski definition) is 1. The largest absolute Gasteiger partial charge is 0.494 e. The molecule has 1 N–H and O–H groups in total. The van der Waals surface area contributed by atoms with Crippen LogP contribution in [-0.4, -0.2) is 38.5 Å². The van der Waals surface area contributed by atoms with Crippen molar-refractivity contribution in [2.45, 2.75) is 19.3 Å². The van der Waals surface area contributed by atoms with Gasteiger partial charge in [-0.3, -0.25) is 0 Å². The molecule has 0 saturated heterocycles. The molecule has 0 atom stereocenters. The van der Waals surface area contributed by atoms with E-state index in [4.69, 9.17) is 9.84 Å². The fourth-order valence-corrected chi connectivity index (χ4v) is 1.56. The quantitative estimate of drug-likeness (QED) is 0.745. The lowest BCUT2D eigenvalue weighted by molar-refractivity contribution is 0.266. The number of tetrazole rings is 1. The Balaban J connectivity index is 1.81. The van der Waals surface area contributed by atoms with Crippen LogP contribution in [0.25, 0.3) is 5.69 Å². The third-order valence-corrected chi connectivity index (χ3v) is 2.52. The lowest BCUT2D eigenvalue weighted by Gasteiger charge is -2.06. The second-order valence-electron chi connectivity index (χ2n) is 3.88. The number of nitrogens with zero attached hydrogens (tertiary/aromatic N) is 4. The minimum absolute atomic E-state index is 0.251. The van der Waals surface area contributed by atoms with E-state index in [1.54, 1.807) is 11.0 Å². The molecule has 0 unspecified atom stereocenters. The Morgan fingerprint density at radius 1 is 1.11 bits per heavy atom. The molecule has 1 aromatic carbocycles.